The summed E-state index contributed by atoms with van der Waals surface area (Å²) in [4.78, 5) is 2.73. The van der Waals surface area contributed by atoms with Crippen molar-refractivity contribution in [3.8, 4) is 0 Å². The van der Waals surface area contributed by atoms with Crippen LogP contribution in [0.25, 0.3) is 21.9 Å². The topological polar surface area (TPSA) is 0 Å². The minimum absolute atomic E-state index is 0.514. The molecule has 0 N–H and O–H groups in total. The predicted molar refractivity (Wildman–Crippen MR) is 120 cm³/mol. The maximum Gasteiger partial charge on any atom is 0.0201 e. The summed E-state index contributed by atoms with van der Waals surface area (Å²) in [7, 11) is 0. The first-order valence-corrected chi connectivity index (χ1v) is 10.7. The van der Waals surface area contributed by atoms with Crippen LogP contribution in [-0.2, 0) is 6.42 Å². The van der Waals surface area contributed by atoms with Gasteiger partial charge in [-0.2, -0.15) is 0 Å². The van der Waals surface area contributed by atoms with Crippen molar-refractivity contribution < 1.29 is 0 Å². The van der Waals surface area contributed by atoms with Crippen LogP contribution in [0.1, 0.15) is 29.2 Å². The quantitative estimate of drug-likeness (QED) is 0.270. The maximum atomic E-state index is 2.39. The Balaban J connectivity index is 1.77. The van der Waals surface area contributed by atoms with E-state index < -0.39 is 0 Å². The van der Waals surface area contributed by atoms with E-state index in [1.807, 2.05) is 11.8 Å². The number of allylic oxidation sites excluding steroid dienone is 1. The second-order valence-electron chi connectivity index (χ2n) is 7.81. The number of benzene rings is 4. The fourth-order valence-electron chi connectivity index (χ4n) is 4.93. The Bertz CT molecular complexity index is 1230. The van der Waals surface area contributed by atoms with E-state index in [-0.39, 0.29) is 0 Å². The molecule has 0 saturated heterocycles. The molecule has 1 heterocycles. The molecule has 2 aliphatic rings. The second-order valence-corrected chi connectivity index (χ2v) is 8.89. The van der Waals surface area contributed by atoms with Gasteiger partial charge >= 0.3 is 0 Å². The van der Waals surface area contributed by atoms with Gasteiger partial charge in [-0.15, -0.1) is 0 Å². The first-order chi connectivity index (χ1) is 13.8. The van der Waals surface area contributed by atoms with Crippen molar-refractivity contribution in [1.82, 2.24) is 0 Å². The van der Waals surface area contributed by atoms with Crippen LogP contribution in [0.3, 0.4) is 0 Å². The molecule has 0 bridgehead atoms. The molecule has 0 fully saturated rings. The summed E-state index contributed by atoms with van der Waals surface area (Å²) in [6.07, 6.45) is 1.12. The van der Waals surface area contributed by atoms with E-state index in [1.165, 1.54) is 54.0 Å². The van der Waals surface area contributed by atoms with Crippen molar-refractivity contribution in [3.05, 3.63) is 107 Å². The third kappa shape index (κ3) is 2.26. The minimum atomic E-state index is 0.514. The average Bonchev–Trinajstić information content (AvgIpc) is 3.08. The summed E-state index contributed by atoms with van der Waals surface area (Å²) in [5, 5.41) is 2.72. The number of rotatable bonds is 0. The van der Waals surface area contributed by atoms with Crippen molar-refractivity contribution >= 4 is 33.7 Å². The van der Waals surface area contributed by atoms with Crippen LogP contribution >= 0.6 is 11.8 Å². The minimum Gasteiger partial charge on any atom is -0.0888 e. The molecule has 28 heavy (non-hydrogen) atoms. The standard InChI is InChI=1S/C27H20S/c1-17-16-19-15-14-18-8-2-3-9-20(18)26(19)25(17)27-21-10-4-6-12-23(21)28-24-13-7-5-11-22(24)27/h2-15,17H,16H2,1H3/t17-/m0/s1. The molecule has 1 atom stereocenters. The summed E-state index contributed by atoms with van der Waals surface area (Å²) in [5.74, 6) is 0.514. The molecule has 0 aromatic heterocycles. The van der Waals surface area contributed by atoms with E-state index in [0.717, 1.165) is 6.42 Å². The van der Waals surface area contributed by atoms with Crippen LogP contribution in [0, 0.1) is 5.92 Å². The third-order valence-electron chi connectivity index (χ3n) is 6.11. The smallest absolute Gasteiger partial charge is 0.0201 e. The molecule has 1 aliphatic carbocycles. The molecule has 0 radical (unpaired) electrons. The molecule has 4 aromatic carbocycles. The summed E-state index contributed by atoms with van der Waals surface area (Å²) in [6.45, 7) is 2.39. The van der Waals surface area contributed by atoms with E-state index in [1.54, 1.807) is 0 Å². The molecule has 0 amide bonds. The van der Waals surface area contributed by atoms with E-state index >= 15 is 0 Å². The fraction of sp³-hybridized carbons (Fsp3) is 0.111. The maximum absolute atomic E-state index is 2.39. The first-order valence-electron chi connectivity index (χ1n) is 9.93. The fourth-order valence-corrected chi connectivity index (χ4v) is 6.02. The summed E-state index contributed by atoms with van der Waals surface area (Å²) >= 11 is 1.90. The van der Waals surface area contributed by atoms with Gasteiger partial charge in [0, 0.05) is 9.79 Å². The lowest BCUT2D eigenvalue weighted by molar-refractivity contribution is 0.781. The van der Waals surface area contributed by atoms with Crippen LogP contribution in [0.15, 0.2) is 94.7 Å². The molecule has 0 spiro atoms. The highest BCUT2D eigenvalue weighted by atomic mass is 32.2. The Morgan fingerprint density at radius 3 is 2.11 bits per heavy atom. The molecule has 0 nitrogen and oxygen atoms in total. The summed E-state index contributed by atoms with van der Waals surface area (Å²) in [6, 6.07) is 31.3. The van der Waals surface area contributed by atoms with E-state index in [9.17, 15) is 0 Å². The van der Waals surface area contributed by atoms with Crippen molar-refractivity contribution in [1.29, 1.82) is 0 Å². The van der Waals surface area contributed by atoms with Crippen LogP contribution in [0.2, 0.25) is 0 Å². The highest BCUT2D eigenvalue weighted by molar-refractivity contribution is 7.99. The van der Waals surface area contributed by atoms with E-state index in [2.05, 4.69) is 91.9 Å². The van der Waals surface area contributed by atoms with Gasteiger partial charge in [0.1, 0.15) is 0 Å². The van der Waals surface area contributed by atoms with Gasteiger partial charge in [0.15, 0.2) is 0 Å². The first kappa shape index (κ1) is 16.2. The predicted octanol–water partition coefficient (Wildman–Crippen LogP) is 7.46. The Morgan fingerprint density at radius 2 is 1.36 bits per heavy atom. The van der Waals surface area contributed by atoms with E-state index in [0.29, 0.717) is 5.92 Å². The Labute approximate surface area is 169 Å². The zero-order valence-corrected chi connectivity index (χ0v) is 16.6. The van der Waals surface area contributed by atoms with Crippen LogP contribution in [0.5, 0.6) is 0 Å². The van der Waals surface area contributed by atoms with Crippen molar-refractivity contribution in [3.63, 3.8) is 0 Å². The third-order valence-corrected chi connectivity index (χ3v) is 7.26. The highest BCUT2D eigenvalue weighted by Crippen LogP contribution is 2.52. The zero-order valence-electron chi connectivity index (χ0n) is 15.8. The molecular weight excluding hydrogens is 356 g/mol. The second kappa shape index (κ2) is 6.12. The molecule has 134 valence electrons. The lowest BCUT2D eigenvalue weighted by atomic mass is 9.85. The Kier molecular flexibility index (Phi) is 3.54. The molecule has 4 aromatic rings. The van der Waals surface area contributed by atoms with Crippen LogP contribution in [-0.4, -0.2) is 0 Å². The molecule has 1 aliphatic heterocycles. The van der Waals surface area contributed by atoms with Crippen molar-refractivity contribution in [2.75, 3.05) is 0 Å². The SMILES string of the molecule is C[C@H]1Cc2ccc3ccccc3c2C1=C1c2ccccc2Sc2ccccc21. The molecule has 1 heteroatoms. The molecule has 6 rings (SSSR count). The number of hydrogen-bond acceptors (Lipinski definition) is 1. The van der Waals surface area contributed by atoms with Gasteiger partial charge < -0.3 is 0 Å². The van der Waals surface area contributed by atoms with Crippen molar-refractivity contribution in [2.24, 2.45) is 5.92 Å². The number of hydrogen-bond donors (Lipinski definition) is 0. The average molecular weight is 377 g/mol. The monoisotopic (exact) mass is 376 g/mol. The lowest BCUT2D eigenvalue weighted by Crippen LogP contribution is -2.04. The lowest BCUT2D eigenvalue weighted by Gasteiger charge is -2.26. The van der Waals surface area contributed by atoms with Gasteiger partial charge in [-0.3, -0.25) is 0 Å². The normalized spacial score (nSPS) is 17.4. The van der Waals surface area contributed by atoms with Gasteiger partial charge in [0.2, 0.25) is 0 Å². The van der Waals surface area contributed by atoms with Gasteiger partial charge in [0.25, 0.3) is 0 Å². The Morgan fingerprint density at radius 1 is 0.714 bits per heavy atom. The molecule has 0 unspecified atom stereocenters. The summed E-state index contributed by atoms with van der Waals surface area (Å²) < 4.78 is 0. The molecule has 0 saturated carbocycles. The van der Waals surface area contributed by atoms with Crippen LogP contribution in [0.4, 0.5) is 0 Å². The largest absolute Gasteiger partial charge is 0.0888 e. The number of fused-ring (bicyclic) bond motifs is 5. The summed E-state index contributed by atoms with van der Waals surface area (Å²) in [5.41, 5.74) is 8.68. The van der Waals surface area contributed by atoms with E-state index in [4.69, 9.17) is 0 Å². The van der Waals surface area contributed by atoms with Crippen molar-refractivity contribution in [2.45, 2.75) is 23.1 Å². The zero-order chi connectivity index (χ0) is 18.7. The molecular formula is C27H20S. The van der Waals surface area contributed by atoms with Gasteiger partial charge in [-0.25, -0.2) is 0 Å². The highest BCUT2D eigenvalue weighted by Gasteiger charge is 2.32. The van der Waals surface area contributed by atoms with Gasteiger partial charge in [0.05, 0.1) is 0 Å². The van der Waals surface area contributed by atoms with Crippen LogP contribution < -0.4 is 0 Å². The van der Waals surface area contributed by atoms with Gasteiger partial charge in [-0.1, -0.05) is 91.5 Å². The van der Waals surface area contributed by atoms with Gasteiger partial charge in [-0.05, 0) is 68.6 Å². The Hall–Kier alpha value is -2.77.